The van der Waals surface area contributed by atoms with Crippen LogP contribution in [-0.2, 0) is 6.42 Å². The molecule has 0 aliphatic carbocycles. The SMILES string of the molecule is COc1cc(OC)cc(C(=O)NCCc2c[nH]c3cc(Cl)ccc23)c1. The second-order valence-electron chi connectivity index (χ2n) is 5.61. The number of aromatic nitrogens is 1. The maximum absolute atomic E-state index is 12.4. The second kappa shape index (κ2) is 7.49. The number of amides is 1. The van der Waals surface area contributed by atoms with E-state index in [9.17, 15) is 4.79 Å². The van der Waals surface area contributed by atoms with Gasteiger partial charge in [-0.15, -0.1) is 0 Å². The number of methoxy groups -OCH3 is 2. The maximum Gasteiger partial charge on any atom is 0.251 e. The number of carbonyl (C=O) groups is 1. The minimum atomic E-state index is -0.167. The predicted molar refractivity (Wildman–Crippen MR) is 98.9 cm³/mol. The lowest BCUT2D eigenvalue weighted by Crippen LogP contribution is -2.25. The smallest absolute Gasteiger partial charge is 0.251 e. The van der Waals surface area contributed by atoms with Crippen LogP contribution in [0.5, 0.6) is 11.5 Å². The van der Waals surface area contributed by atoms with Crippen LogP contribution < -0.4 is 14.8 Å². The first-order valence-electron chi connectivity index (χ1n) is 7.87. The van der Waals surface area contributed by atoms with Crippen molar-refractivity contribution in [3.63, 3.8) is 0 Å². The van der Waals surface area contributed by atoms with Crippen molar-refractivity contribution in [3.8, 4) is 11.5 Å². The summed E-state index contributed by atoms with van der Waals surface area (Å²) in [5, 5.41) is 4.73. The molecule has 0 saturated carbocycles. The number of fused-ring (bicyclic) bond motifs is 1. The zero-order valence-electron chi connectivity index (χ0n) is 14.1. The molecule has 2 N–H and O–H groups in total. The van der Waals surface area contributed by atoms with Gasteiger partial charge in [0, 0.05) is 40.3 Å². The highest BCUT2D eigenvalue weighted by Gasteiger charge is 2.10. The molecule has 3 rings (SSSR count). The number of hydrogen-bond acceptors (Lipinski definition) is 3. The van der Waals surface area contributed by atoms with E-state index in [0.29, 0.717) is 35.1 Å². The van der Waals surface area contributed by atoms with Gasteiger partial charge in [-0.05, 0) is 36.2 Å². The van der Waals surface area contributed by atoms with E-state index in [0.717, 1.165) is 16.5 Å². The third kappa shape index (κ3) is 3.88. The average Bonchev–Trinajstić information content (AvgIpc) is 3.03. The molecule has 0 fully saturated rings. The van der Waals surface area contributed by atoms with Crippen molar-refractivity contribution in [2.75, 3.05) is 20.8 Å². The molecule has 6 heteroatoms. The van der Waals surface area contributed by atoms with Crippen molar-refractivity contribution in [3.05, 3.63) is 58.7 Å². The fourth-order valence-electron chi connectivity index (χ4n) is 2.72. The van der Waals surface area contributed by atoms with Gasteiger partial charge in [0.15, 0.2) is 0 Å². The molecule has 2 aromatic carbocycles. The molecule has 0 unspecified atom stereocenters. The molecule has 3 aromatic rings. The zero-order chi connectivity index (χ0) is 17.8. The topological polar surface area (TPSA) is 63.4 Å². The van der Waals surface area contributed by atoms with Crippen LogP contribution in [0.25, 0.3) is 10.9 Å². The van der Waals surface area contributed by atoms with E-state index in [1.54, 1.807) is 32.4 Å². The van der Waals surface area contributed by atoms with Gasteiger partial charge in [0.25, 0.3) is 5.91 Å². The lowest BCUT2D eigenvalue weighted by atomic mass is 10.1. The summed E-state index contributed by atoms with van der Waals surface area (Å²) >= 11 is 5.99. The van der Waals surface area contributed by atoms with Crippen molar-refractivity contribution < 1.29 is 14.3 Å². The summed E-state index contributed by atoms with van der Waals surface area (Å²) < 4.78 is 10.4. The van der Waals surface area contributed by atoms with E-state index in [2.05, 4.69) is 10.3 Å². The molecule has 1 amide bonds. The van der Waals surface area contributed by atoms with Gasteiger partial charge in [-0.3, -0.25) is 4.79 Å². The number of halogens is 1. The van der Waals surface area contributed by atoms with E-state index in [4.69, 9.17) is 21.1 Å². The van der Waals surface area contributed by atoms with Gasteiger partial charge >= 0.3 is 0 Å². The molecule has 0 radical (unpaired) electrons. The van der Waals surface area contributed by atoms with Crippen LogP contribution in [0.1, 0.15) is 15.9 Å². The number of ether oxygens (including phenoxy) is 2. The quantitative estimate of drug-likeness (QED) is 0.704. The summed E-state index contributed by atoms with van der Waals surface area (Å²) in [4.78, 5) is 15.6. The van der Waals surface area contributed by atoms with Gasteiger partial charge in [-0.2, -0.15) is 0 Å². The summed E-state index contributed by atoms with van der Waals surface area (Å²) in [6.07, 6.45) is 2.66. The number of carbonyl (C=O) groups excluding carboxylic acids is 1. The van der Waals surface area contributed by atoms with Crippen molar-refractivity contribution >= 4 is 28.4 Å². The zero-order valence-corrected chi connectivity index (χ0v) is 14.8. The molecule has 0 aliphatic rings. The molecule has 0 spiro atoms. The maximum atomic E-state index is 12.4. The van der Waals surface area contributed by atoms with E-state index < -0.39 is 0 Å². The molecule has 5 nitrogen and oxygen atoms in total. The highest BCUT2D eigenvalue weighted by molar-refractivity contribution is 6.31. The van der Waals surface area contributed by atoms with Gasteiger partial charge < -0.3 is 19.8 Å². The Morgan fingerprint density at radius 3 is 2.52 bits per heavy atom. The molecule has 1 aromatic heterocycles. The highest BCUT2D eigenvalue weighted by atomic mass is 35.5. The van der Waals surface area contributed by atoms with E-state index in [1.165, 1.54) is 0 Å². The highest BCUT2D eigenvalue weighted by Crippen LogP contribution is 2.23. The molecule has 0 bridgehead atoms. The van der Waals surface area contributed by atoms with Crippen molar-refractivity contribution in [1.82, 2.24) is 10.3 Å². The van der Waals surface area contributed by atoms with Crippen LogP contribution in [0.3, 0.4) is 0 Å². The first-order valence-corrected chi connectivity index (χ1v) is 8.25. The Bertz CT molecular complexity index is 883. The average molecular weight is 359 g/mol. The van der Waals surface area contributed by atoms with Crippen LogP contribution in [0.4, 0.5) is 0 Å². The number of benzene rings is 2. The number of rotatable bonds is 6. The minimum absolute atomic E-state index is 0.167. The number of H-pyrrole nitrogens is 1. The summed E-state index contributed by atoms with van der Waals surface area (Å²) in [5.41, 5.74) is 2.63. The third-order valence-corrected chi connectivity index (χ3v) is 4.26. The summed E-state index contributed by atoms with van der Waals surface area (Å²) in [6.45, 7) is 0.522. The molecule has 130 valence electrons. The molecule has 25 heavy (non-hydrogen) atoms. The molecule has 0 aliphatic heterocycles. The number of nitrogens with one attached hydrogen (secondary N) is 2. The predicted octanol–water partition coefficient (Wildman–Crippen LogP) is 3.81. The Morgan fingerprint density at radius 1 is 1.12 bits per heavy atom. The van der Waals surface area contributed by atoms with Gasteiger partial charge in [0.05, 0.1) is 14.2 Å². The van der Waals surface area contributed by atoms with Crippen LogP contribution in [0.15, 0.2) is 42.6 Å². The summed E-state index contributed by atoms with van der Waals surface area (Å²) in [5.74, 6) is 0.996. The second-order valence-corrected chi connectivity index (χ2v) is 6.05. The third-order valence-electron chi connectivity index (χ3n) is 4.02. The van der Waals surface area contributed by atoms with Crippen molar-refractivity contribution in [2.45, 2.75) is 6.42 Å². The van der Waals surface area contributed by atoms with E-state index >= 15 is 0 Å². The fourth-order valence-corrected chi connectivity index (χ4v) is 2.89. The Labute approximate surface area is 150 Å². The Balaban J connectivity index is 1.66. The lowest BCUT2D eigenvalue weighted by Gasteiger charge is -2.09. The molecule has 0 saturated heterocycles. The Hall–Kier alpha value is -2.66. The van der Waals surface area contributed by atoms with Crippen molar-refractivity contribution in [1.29, 1.82) is 0 Å². The first kappa shape index (κ1) is 17.2. The molecular formula is C19H19ClN2O3. The lowest BCUT2D eigenvalue weighted by molar-refractivity contribution is 0.0953. The molecule has 1 heterocycles. The summed E-state index contributed by atoms with van der Waals surface area (Å²) in [6, 6.07) is 10.8. The van der Waals surface area contributed by atoms with E-state index in [-0.39, 0.29) is 5.91 Å². The fraction of sp³-hybridized carbons (Fsp3) is 0.211. The normalized spacial score (nSPS) is 10.7. The van der Waals surface area contributed by atoms with Crippen LogP contribution in [0, 0.1) is 0 Å². The first-order chi connectivity index (χ1) is 12.1. The number of hydrogen-bond donors (Lipinski definition) is 2. The van der Waals surface area contributed by atoms with E-state index in [1.807, 2.05) is 24.4 Å². The largest absolute Gasteiger partial charge is 0.497 e. The van der Waals surface area contributed by atoms with Gasteiger partial charge in [-0.1, -0.05) is 17.7 Å². The molecular weight excluding hydrogens is 340 g/mol. The molecule has 0 atom stereocenters. The number of aromatic amines is 1. The van der Waals surface area contributed by atoms with Crippen LogP contribution in [0.2, 0.25) is 5.02 Å². The Morgan fingerprint density at radius 2 is 1.84 bits per heavy atom. The van der Waals surface area contributed by atoms with Gasteiger partial charge in [0.1, 0.15) is 11.5 Å². The Kier molecular flexibility index (Phi) is 5.14. The van der Waals surface area contributed by atoms with Crippen molar-refractivity contribution in [2.24, 2.45) is 0 Å². The van der Waals surface area contributed by atoms with Gasteiger partial charge in [-0.25, -0.2) is 0 Å². The van der Waals surface area contributed by atoms with Crippen LogP contribution >= 0.6 is 11.6 Å². The summed E-state index contributed by atoms with van der Waals surface area (Å²) in [7, 11) is 3.11. The van der Waals surface area contributed by atoms with Crippen LogP contribution in [-0.4, -0.2) is 31.7 Å². The standard InChI is InChI=1S/C19H19ClN2O3/c1-24-15-7-13(8-16(10-15)25-2)19(23)21-6-5-12-11-22-18-9-14(20)3-4-17(12)18/h3-4,7-11,22H,5-6H2,1-2H3,(H,21,23). The van der Waals surface area contributed by atoms with Gasteiger partial charge in [0.2, 0.25) is 0 Å². The monoisotopic (exact) mass is 358 g/mol. The minimum Gasteiger partial charge on any atom is -0.497 e.